The highest BCUT2D eigenvalue weighted by Gasteiger charge is 2.18. The van der Waals surface area contributed by atoms with Crippen molar-refractivity contribution in [2.75, 3.05) is 11.1 Å². The fraction of sp³-hybridized carbons (Fsp3) is 0.143. The number of aromatic amines is 1. The summed E-state index contributed by atoms with van der Waals surface area (Å²) in [6, 6.07) is 8.74. The summed E-state index contributed by atoms with van der Waals surface area (Å²) < 4.78 is 24.0. The highest BCUT2D eigenvalue weighted by molar-refractivity contribution is 7.91. The van der Waals surface area contributed by atoms with Gasteiger partial charge in [-0.3, -0.25) is 9.59 Å². The van der Waals surface area contributed by atoms with Crippen LogP contribution >= 0.6 is 0 Å². The van der Waals surface area contributed by atoms with E-state index in [0.717, 1.165) is 6.07 Å². The van der Waals surface area contributed by atoms with Gasteiger partial charge in [-0.25, -0.2) is 8.42 Å². The molecule has 1 aromatic carbocycles. The summed E-state index contributed by atoms with van der Waals surface area (Å²) in [5, 5.41) is 2.52. The van der Waals surface area contributed by atoms with Gasteiger partial charge >= 0.3 is 0 Å². The molecule has 21 heavy (non-hydrogen) atoms. The zero-order valence-electron chi connectivity index (χ0n) is 11.3. The van der Waals surface area contributed by atoms with E-state index in [4.69, 9.17) is 0 Å². The highest BCUT2D eigenvalue weighted by atomic mass is 32.2. The zero-order valence-corrected chi connectivity index (χ0v) is 12.1. The van der Waals surface area contributed by atoms with E-state index in [2.05, 4.69) is 10.3 Å². The van der Waals surface area contributed by atoms with Gasteiger partial charge in [0.1, 0.15) is 0 Å². The van der Waals surface area contributed by atoms with Crippen LogP contribution in [0.15, 0.2) is 52.3 Å². The molecule has 0 radical (unpaired) electrons. The van der Waals surface area contributed by atoms with Crippen molar-refractivity contribution in [1.82, 2.24) is 4.98 Å². The van der Waals surface area contributed by atoms with Crippen LogP contribution in [-0.4, -0.2) is 25.1 Å². The van der Waals surface area contributed by atoms with Crippen LogP contribution in [0.25, 0.3) is 0 Å². The Labute approximate surface area is 121 Å². The normalized spacial score (nSPS) is 11.1. The van der Waals surface area contributed by atoms with E-state index in [0.29, 0.717) is 0 Å². The molecule has 2 aromatic rings. The summed E-state index contributed by atoms with van der Waals surface area (Å²) in [4.78, 5) is 25.7. The molecular weight excluding hydrogens is 292 g/mol. The first kappa shape index (κ1) is 15.0. The third-order valence-corrected chi connectivity index (χ3v) is 4.67. The second-order valence-corrected chi connectivity index (χ2v) is 6.54. The molecule has 1 aromatic heterocycles. The van der Waals surface area contributed by atoms with Crippen molar-refractivity contribution in [2.24, 2.45) is 0 Å². The monoisotopic (exact) mass is 306 g/mol. The maximum atomic E-state index is 12.1. The lowest BCUT2D eigenvalue weighted by molar-refractivity contribution is 0.102. The lowest BCUT2D eigenvalue weighted by Gasteiger charge is -2.10. The van der Waals surface area contributed by atoms with Crippen LogP contribution in [0.5, 0.6) is 0 Å². The minimum atomic E-state index is -3.45. The first-order valence-electron chi connectivity index (χ1n) is 6.26. The maximum Gasteiger partial charge on any atom is 0.255 e. The van der Waals surface area contributed by atoms with Crippen LogP contribution in [-0.2, 0) is 9.84 Å². The predicted octanol–water partition coefficient (Wildman–Crippen LogP) is 1.42. The van der Waals surface area contributed by atoms with Crippen LogP contribution in [0.2, 0.25) is 0 Å². The summed E-state index contributed by atoms with van der Waals surface area (Å²) in [6.45, 7) is 1.53. The van der Waals surface area contributed by atoms with Crippen molar-refractivity contribution in [3.8, 4) is 0 Å². The Hall–Kier alpha value is -2.41. The van der Waals surface area contributed by atoms with Crippen molar-refractivity contribution in [1.29, 1.82) is 0 Å². The van der Waals surface area contributed by atoms with Crippen molar-refractivity contribution in [3.05, 3.63) is 58.5 Å². The fourth-order valence-corrected chi connectivity index (χ4v) is 2.83. The second kappa shape index (κ2) is 5.92. The van der Waals surface area contributed by atoms with Gasteiger partial charge in [-0.1, -0.05) is 19.1 Å². The van der Waals surface area contributed by atoms with Gasteiger partial charge < -0.3 is 10.3 Å². The lowest BCUT2D eigenvalue weighted by Crippen LogP contribution is -2.17. The number of amides is 1. The topological polar surface area (TPSA) is 96.1 Å². The summed E-state index contributed by atoms with van der Waals surface area (Å²) in [5.74, 6) is -0.606. The van der Waals surface area contributed by atoms with Gasteiger partial charge in [0.2, 0.25) is 5.56 Å². The number of nitrogens with one attached hydrogen (secondary N) is 2. The number of benzene rings is 1. The molecule has 0 unspecified atom stereocenters. The van der Waals surface area contributed by atoms with E-state index in [-0.39, 0.29) is 21.9 Å². The van der Waals surface area contributed by atoms with Crippen molar-refractivity contribution in [3.63, 3.8) is 0 Å². The molecule has 0 bridgehead atoms. The van der Waals surface area contributed by atoms with Crippen LogP contribution in [0.3, 0.4) is 0 Å². The van der Waals surface area contributed by atoms with Crippen LogP contribution < -0.4 is 10.9 Å². The number of hydrogen-bond donors (Lipinski definition) is 2. The van der Waals surface area contributed by atoms with Gasteiger partial charge in [-0.15, -0.1) is 0 Å². The molecule has 1 amide bonds. The molecule has 2 N–H and O–H groups in total. The quantitative estimate of drug-likeness (QED) is 0.893. The van der Waals surface area contributed by atoms with E-state index in [1.165, 1.54) is 31.3 Å². The number of aromatic nitrogens is 1. The minimum absolute atomic E-state index is 0.0608. The Kier molecular flexibility index (Phi) is 4.23. The van der Waals surface area contributed by atoms with Gasteiger partial charge in [-0.2, -0.15) is 0 Å². The SMILES string of the molecule is CCS(=O)(=O)c1ccccc1NC(=O)c1cc[nH]c(=O)c1. The van der Waals surface area contributed by atoms with Crippen molar-refractivity contribution in [2.45, 2.75) is 11.8 Å². The van der Waals surface area contributed by atoms with Gasteiger partial charge in [0.25, 0.3) is 5.91 Å². The number of sulfone groups is 1. The molecule has 1 heterocycles. The molecule has 2 rings (SSSR count). The van der Waals surface area contributed by atoms with E-state index in [1.807, 2.05) is 0 Å². The van der Waals surface area contributed by atoms with E-state index < -0.39 is 21.3 Å². The third-order valence-electron chi connectivity index (χ3n) is 2.89. The first-order valence-corrected chi connectivity index (χ1v) is 7.91. The number of carbonyl (C=O) groups excluding carboxylic acids is 1. The van der Waals surface area contributed by atoms with E-state index >= 15 is 0 Å². The number of hydrogen-bond acceptors (Lipinski definition) is 4. The number of para-hydroxylation sites is 1. The summed E-state index contributed by atoms with van der Waals surface area (Å²) >= 11 is 0. The molecule has 7 heteroatoms. The first-order chi connectivity index (χ1) is 9.94. The van der Waals surface area contributed by atoms with E-state index in [1.54, 1.807) is 12.1 Å². The summed E-state index contributed by atoms with van der Waals surface area (Å²) in [5.41, 5.74) is -0.0517. The van der Waals surface area contributed by atoms with Crippen LogP contribution in [0, 0.1) is 0 Å². The lowest BCUT2D eigenvalue weighted by atomic mass is 10.2. The number of H-pyrrole nitrogens is 1. The average molecular weight is 306 g/mol. The van der Waals surface area contributed by atoms with E-state index in [9.17, 15) is 18.0 Å². The Morgan fingerprint density at radius 1 is 1.24 bits per heavy atom. The second-order valence-electron chi connectivity index (χ2n) is 4.30. The van der Waals surface area contributed by atoms with Crippen molar-refractivity contribution >= 4 is 21.4 Å². The Morgan fingerprint density at radius 2 is 1.95 bits per heavy atom. The molecule has 0 saturated carbocycles. The van der Waals surface area contributed by atoms with Crippen molar-refractivity contribution < 1.29 is 13.2 Å². The summed E-state index contributed by atoms with van der Waals surface area (Å²) in [6.07, 6.45) is 1.35. The Bertz CT molecular complexity index is 825. The average Bonchev–Trinajstić information content (AvgIpc) is 2.47. The molecule has 0 atom stereocenters. The number of rotatable bonds is 4. The molecular formula is C14H14N2O4S. The third kappa shape index (κ3) is 3.38. The summed E-state index contributed by atoms with van der Waals surface area (Å²) in [7, 11) is -3.45. The standard InChI is InChI=1S/C14H14N2O4S/c1-2-21(19,20)12-6-4-3-5-11(12)16-14(18)10-7-8-15-13(17)9-10/h3-9H,2H2,1H3,(H,15,17)(H,16,18). The highest BCUT2D eigenvalue weighted by Crippen LogP contribution is 2.22. The zero-order chi connectivity index (χ0) is 15.5. The predicted molar refractivity (Wildman–Crippen MR) is 79.2 cm³/mol. The van der Waals surface area contributed by atoms with Gasteiger partial charge in [0, 0.05) is 17.8 Å². The molecule has 0 aliphatic heterocycles. The number of pyridine rings is 1. The Balaban J connectivity index is 2.37. The molecule has 0 spiro atoms. The fourth-order valence-electron chi connectivity index (χ4n) is 1.78. The largest absolute Gasteiger partial charge is 0.329 e. The molecule has 6 nitrogen and oxygen atoms in total. The maximum absolute atomic E-state index is 12.1. The molecule has 0 aliphatic rings. The molecule has 110 valence electrons. The Morgan fingerprint density at radius 3 is 2.62 bits per heavy atom. The van der Waals surface area contributed by atoms with Crippen LogP contribution in [0.4, 0.5) is 5.69 Å². The number of carbonyl (C=O) groups is 1. The molecule has 0 saturated heterocycles. The smallest absolute Gasteiger partial charge is 0.255 e. The van der Waals surface area contributed by atoms with Gasteiger partial charge in [-0.05, 0) is 18.2 Å². The molecule has 0 aliphatic carbocycles. The van der Waals surface area contributed by atoms with Crippen LogP contribution in [0.1, 0.15) is 17.3 Å². The number of anilines is 1. The van der Waals surface area contributed by atoms with Gasteiger partial charge in [0.05, 0.1) is 16.3 Å². The minimum Gasteiger partial charge on any atom is -0.329 e. The van der Waals surface area contributed by atoms with Gasteiger partial charge in [0.15, 0.2) is 9.84 Å². The molecule has 0 fully saturated rings.